The number of hydrogen-bond acceptors (Lipinski definition) is 2. The van der Waals surface area contributed by atoms with E-state index >= 15 is 0 Å². The fourth-order valence-electron chi connectivity index (χ4n) is 1.67. The van der Waals surface area contributed by atoms with Gasteiger partial charge >= 0.3 is 0 Å². The van der Waals surface area contributed by atoms with E-state index in [2.05, 4.69) is 5.32 Å². The quantitative estimate of drug-likeness (QED) is 0.528. The molecular formula is C8H17NO. The largest absolute Gasteiger partial charge is 0.393 e. The van der Waals surface area contributed by atoms with Crippen LogP contribution in [0, 0.1) is 0 Å². The maximum absolute atomic E-state index is 8.91. The van der Waals surface area contributed by atoms with Crippen molar-refractivity contribution in [3.05, 3.63) is 0 Å². The maximum Gasteiger partial charge on any atom is 0.0575 e. The molecule has 0 aromatic rings. The number of aliphatic hydroxyl groups excluding tert-OH is 1. The highest BCUT2D eigenvalue weighted by Gasteiger charge is 2.47. The van der Waals surface area contributed by atoms with Crippen LogP contribution in [0.4, 0.5) is 0 Å². The Morgan fingerprint density at radius 3 is 2.00 bits per heavy atom. The molecule has 0 atom stereocenters. The topological polar surface area (TPSA) is 32.3 Å². The van der Waals surface area contributed by atoms with E-state index < -0.39 is 0 Å². The molecule has 2 rings (SSSR count). The fraction of sp³-hybridized carbons (Fsp3) is 1.00. The van der Waals surface area contributed by atoms with Crippen molar-refractivity contribution in [1.82, 2.24) is 5.32 Å². The Morgan fingerprint density at radius 1 is 1.40 bits per heavy atom. The standard InChI is InChI=1S/C6H11NO.C2H6/c8-5-3-6(4-5)1-2-7-6;1-2/h5,7-8H,1-4H2;1-2H3. The van der Waals surface area contributed by atoms with Gasteiger partial charge < -0.3 is 10.4 Å². The molecule has 2 aliphatic rings. The van der Waals surface area contributed by atoms with E-state index in [0.29, 0.717) is 5.54 Å². The van der Waals surface area contributed by atoms with E-state index in [4.69, 9.17) is 5.11 Å². The van der Waals surface area contributed by atoms with Gasteiger partial charge in [0.15, 0.2) is 0 Å². The molecule has 2 nitrogen and oxygen atoms in total. The SMILES string of the molecule is CC.OC1CC2(CCN2)C1. The van der Waals surface area contributed by atoms with Gasteiger partial charge in [0.1, 0.15) is 0 Å². The molecule has 1 aliphatic carbocycles. The smallest absolute Gasteiger partial charge is 0.0575 e. The van der Waals surface area contributed by atoms with Crippen molar-refractivity contribution in [1.29, 1.82) is 0 Å². The van der Waals surface area contributed by atoms with E-state index in [1.54, 1.807) is 0 Å². The summed E-state index contributed by atoms with van der Waals surface area (Å²) in [6.45, 7) is 5.16. The maximum atomic E-state index is 8.91. The molecule has 10 heavy (non-hydrogen) atoms. The van der Waals surface area contributed by atoms with Crippen LogP contribution in [-0.2, 0) is 0 Å². The van der Waals surface area contributed by atoms with Gasteiger partial charge in [0, 0.05) is 5.54 Å². The zero-order chi connectivity index (χ0) is 7.61. The van der Waals surface area contributed by atoms with E-state index in [1.807, 2.05) is 13.8 Å². The third-order valence-corrected chi connectivity index (χ3v) is 2.36. The molecule has 0 amide bonds. The zero-order valence-corrected chi connectivity index (χ0v) is 6.85. The van der Waals surface area contributed by atoms with Crippen LogP contribution in [0.2, 0.25) is 0 Å². The first kappa shape index (κ1) is 8.02. The van der Waals surface area contributed by atoms with Gasteiger partial charge in [-0.2, -0.15) is 0 Å². The minimum Gasteiger partial charge on any atom is -0.393 e. The van der Waals surface area contributed by atoms with Gasteiger partial charge in [-0.3, -0.25) is 0 Å². The van der Waals surface area contributed by atoms with E-state index in [0.717, 1.165) is 19.4 Å². The Morgan fingerprint density at radius 2 is 1.90 bits per heavy atom. The summed E-state index contributed by atoms with van der Waals surface area (Å²) in [7, 11) is 0. The Balaban J connectivity index is 0.000000231. The van der Waals surface area contributed by atoms with E-state index in [1.165, 1.54) is 6.42 Å². The molecule has 1 aliphatic heterocycles. The molecule has 0 radical (unpaired) electrons. The minimum absolute atomic E-state index is 0.00259. The second-order valence-corrected chi connectivity index (χ2v) is 3.02. The second-order valence-electron chi connectivity index (χ2n) is 3.02. The predicted octanol–water partition coefficient (Wildman–Crippen LogP) is 0.899. The number of rotatable bonds is 0. The second kappa shape index (κ2) is 2.89. The van der Waals surface area contributed by atoms with Gasteiger partial charge in [-0.25, -0.2) is 0 Å². The summed E-state index contributed by atoms with van der Waals surface area (Å²) in [4.78, 5) is 0. The zero-order valence-electron chi connectivity index (χ0n) is 6.85. The molecule has 0 aromatic carbocycles. The summed E-state index contributed by atoms with van der Waals surface area (Å²) in [6.07, 6.45) is 3.27. The highest BCUT2D eigenvalue weighted by molar-refractivity contribution is 5.06. The summed E-state index contributed by atoms with van der Waals surface area (Å²) in [6, 6.07) is 0. The third-order valence-electron chi connectivity index (χ3n) is 2.36. The van der Waals surface area contributed by atoms with Crippen molar-refractivity contribution in [3.63, 3.8) is 0 Å². The van der Waals surface area contributed by atoms with Crippen molar-refractivity contribution in [2.75, 3.05) is 6.54 Å². The summed E-state index contributed by atoms with van der Waals surface area (Å²) in [5, 5.41) is 12.2. The summed E-state index contributed by atoms with van der Waals surface area (Å²) < 4.78 is 0. The minimum atomic E-state index is 0.00259. The van der Waals surface area contributed by atoms with E-state index in [-0.39, 0.29) is 6.10 Å². The van der Waals surface area contributed by atoms with Crippen LogP contribution >= 0.6 is 0 Å². The van der Waals surface area contributed by atoms with Crippen molar-refractivity contribution in [2.45, 2.75) is 44.8 Å². The molecule has 1 saturated carbocycles. The van der Waals surface area contributed by atoms with Crippen molar-refractivity contribution < 1.29 is 5.11 Å². The van der Waals surface area contributed by atoms with Gasteiger partial charge in [0.05, 0.1) is 6.10 Å². The molecule has 2 fully saturated rings. The van der Waals surface area contributed by atoms with Gasteiger partial charge in [0.2, 0.25) is 0 Å². The third kappa shape index (κ3) is 1.18. The first-order valence-electron chi connectivity index (χ1n) is 4.24. The first-order chi connectivity index (χ1) is 4.81. The van der Waals surface area contributed by atoms with Crippen LogP contribution in [0.5, 0.6) is 0 Å². The molecule has 1 saturated heterocycles. The molecule has 2 N–H and O–H groups in total. The van der Waals surface area contributed by atoms with Gasteiger partial charge in [-0.05, 0) is 25.8 Å². The molecule has 1 heterocycles. The average Bonchev–Trinajstić information content (AvgIpc) is 1.82. The monoisotopic (exact) mass is 143 g/mol. The molecule has 0 aromatic heterocycles. The van der Waals surface area contributed by atoms with Gasteiger partial charge in [-0.1, -0.05) is 13.8 Å². The lowest BCUT2D eigenvalue weighted by Gasteiger charge is -2.53. The Kier molecular flexibility index (Phi) is 2.32. The van der Waals surface area contributed by atoms with Crippen molar-refractivity contribution >= 4 is 0 Å². The Bertz CT molecular complexity index is 102. The van der Waals surface area contributed by atoms with Crippen molar-refractivity contribution in [2.24, 2.45) is 0 Å². The van der Waals surface area contributed by atoms with Crippen LogP contribution in [0.15, 0.2) is 0 Å². The lowest BCUT2D eigenvalue weighted by atomic mass is 9.68. The molecule has 0 bridgehead atoms. The number of hydrogen-bond donors (Lipinski definition) is 2. The molecule has 2 heteroatoms. The van der Waals surface area contributed by atoms with Crippen LogP contribution < -0.4 is 5.32 Å². The Labute approximate surface area is 62.6 Å². The number of nitrogens with one attached hydrogen (secondary N) is 1. The van der Waals surface area contributed by atoms with Crippen LogP contribution in [0.1, 0.15) is 33.1 Å². The fourth-order valence-corrected chi connectivity index (χ4v) is 1.67. The molecule has 60 valence electrons. The van der Waals surface area contributed by atoms with Crippen LogP contribution in [0.25, 0.3) is 0 Å². The van der Waals surface area contributed by atoms with Crippen LogP contribution in [0.3, 0.4) is 0 Å². The summed E-state index contributed by atoms with van der Waals surface area (Å²) in [5.41, 5.74) is 0.416. The first-order valence-corrected chi connectivity index (χ1v) is 4.24. The van der Waals surface area contributed by atoms with Gasteiger partial charge in [0.25, 0.3) is 0 Å². The average molecular weight is 143 g/mol. The van der Waals surface area contributed by atoms with Crippen LogP contribution in [-0.4, -0.2) is 23.3 Å². The lowest BCUT2D eigenvalue weighted by molar-refractivity contribution is -0.0337. The molecule has 1 spiro atoms. The number of aliphatic hydroxyl groups is 1. The van der Waals surface area contributed by atoms with E-state index in [9.17, 15) is 0 Å². The van der Waals surface area contributed by atoms with Gasteiger partial charge in [-0.15, -0.1) is 0 Å². The Hall–Kier alpha value is -0.0800. The summed E-state index contributed by atoms with van der Waals surface area (Å²) >= 11 is 0. The molecule has 0 unspecified atom stereocenters. The highest BCUT2D eigenvalue weighted by Crippen LogP contribution is 2.39. The highest BCUT2D eigenvalue weighted by atomic mass is 16.3. The normalized spacial score (nSPS) is 42.9. The lowest BCUT2D eigenvalue weighted by Crippen LogP contribution is -2.66. The predicted molar refractivity (Wildman–Crippen MR) is 41.9 cm³/mol. The molecular weight excluding hydrogens is 126 g/mol. The van der Waals surface area contributed by atoms with Crippen molar-refractivity contribution in [3.8, 4) is 0 Å². The summed E-state index contributed by atoms with van der Waals surface area (Å²) in [5.74, 6) is 0.